The summed E-state index contributed by atoms with van der Waals surface area (Å²) in [5, 5.41) is 8.31. The highest BCUT2D eigenvalue weighted by atomic mass is 16.1. The van der Waals surface area contributed by atoms with E-state index in [4.69, 9.17) is 5.10 Å². The first-order chi connectivity index (χ1) is 14.7. The van der Waals surface area contributed by atoms with Crippen LogP contribution < -0.4 is 5.32 Å². The van der Waals surface area contributed by atoms with Crippen molar-refractivity contribution in [1.82, 2.24) is 15.1 Å². The summed E-state index contributed by atoms with van der Waals surface area (Å²) in [7, 11) is 0. The van der Waals surface area contributed by atoms with Crippen molar-refractivity contribution in [3.8, 4) is 5.69 Å². The van der Waals surface area contributed by atoms with Gasteiger partial charge in [0.05, 0.1) is 16.9 Å². The maximum atomic E-state index is 13.3. The van der Waals surface area contributed by atoms with Gasteiger partial charge in [-0.1, -0.05) is 44.4 Å². The SMILES string of the molecule is CCCCCCNC(=O)c1cn(-c2ccccc2)nc1C12CC3CC(CC(C3)C1)C2. The Morgan fingerprint density at radius 2 is 1.70 bits per heavy atom. The molecule has 4 fully saturated rings. The summed E-state index contributed by atoms with van der Waals surface area (Å²) in [5.41, 5.74) is 3.04. The minimum atomic E-state index is 0.0689. The topological polar surface area (TPSA) is 46.9 Å². The third kappa shape index (κ3) is 3.70. The fourth-order valence-electron chi connectivity index (χ4n) is 6.89. The Morgan fingerprint density at radius 3 is 2.33 bits per heavy atom. The summed E-state index contributed by atoms with van der Waals surface area (Å²) in [6, 6.07) is 10.2. The van der Waals surface area contributed by atoms with Crippen molar-refractivity contribution in [2.45, 2.75) is 76.5 Å². The Labute approximate surface area is 180 Å². The molecule has 0 atom stereocenters. The van der Waals surface area contributed by atoms with Crippen LogP contribution >= 0.6 is 0 Å². The number of hydrogen-bond donors (Lipinski definition) is 1. The number of hydrogen-bond acceptors (Lipinski definition) is 2. The highest BCUT2D eigenvalue weighted by Gasteiger charge is 2.53. The van der Waals surface area contributed by atoms with Crippen molar-refractivity contribution >= 4 is 5.91 Å². The van der Waals surface area contributed by atoms with Gasteiger partial charge in [-0.25, -0.2) is 4.68 Å². The summed E-state index contributed by atoms with van der Waals surface area (Å²) >= 11 is 0. The van der Waals surface area contributed by atoms with Crippen LogP contribution in [-0.4, -0.2) is 22.2 Å². The normalized spacial score (nSPS) is 29.3. The van der Waals surface area contributed by atoms with E-state index in [1.165, 1.54) is 57.8 Å². The van der Waals surface area contributed by atoms with Gasteiger partial charge in [0.2, 0.25) is 0 Å². The number of carbonyl (C=O) groups is 1. The molecule has 4 nitrogen and oxygen atoms in total. The van der Waals surface area contributed by atoms with Gasteiger partial charge in [0, 0.05) is 18.2 Å². The molecule has 0 spiro atoms. The third-order valence-electron chi connectivity index (χ3n) is 7.84. The van der Waals surface area contributed by atoms with E-state index in [0.717, 1.165) is 47.7 Å². The number of aromatic nitrogens is 2. The molecule has 1 aromatic heterocycles. The second-order valence-corrected chi connectivity index (χ2v) is 10.2. The monoisotopic (exact) mass is 405 g/mol. The molecule has 4 heteroatoms. The zero-order chi connectivity index (χ0) is 20.6. The number of unbranched alkanes of at least 4 members (excludes halogenated alkanes) is 3. The largest absolute Gasteiger partial charge is 0.352 e. The van der Waals surface area contributed by atoms with Crippen LogP contribution in [0.5, 0.6) is 0 Å². The number of nitrogens with zero attached hydrogens (tertiary/aromatic N) is 2. The molecular weight excluding hydrogens is 370 g/mol. The molecule has 1 aromatic carbocycles. The second-order valence-electron chi connectivity index (χ2n) is 10.2. The Kier molecular flexibility index (Phi) is 5.43. The molecule has 6 rings (SSSR count). The molecule has 30 heavy (non-hydrogen) atoms. The lowest BCUT2D eigenvalue weighted by atomic mass is 9.48. The van der Waals surface area contributed by atoms with Gasteiger partial charge in [-0.2, -0.15) is 5.10 Å². The van der Waals surface area contributed by atoms with Gasteiger partial charge < -0.3 is 5.32 Å². The fraction of sp³-hybridized carbons (Fsp3) is 0.615. The van der Waals surface area contributed by atoms with Crippen LogP contribution in [0, 0.1) is 17.8 Å². The van der Waals surface area contributed by atoms with Crippen LogP contribution in [0.2, 0.25) is 0 Å². The van der Waals surface area contributed by atoms with Crippen LogP contribution in [0.1, 0.15) is 87.2 Å². The van der Waals surface area contributed by atoms with Crippen molar-refractivity contribution in [3.05, 3.63) is 47.8 Å². The van der Waals surface area contributed by atoms with E-state index in [1.54, 1.807) is 0 Å². The minimum Gasteiger partial charge on any atom is -0.352 e. The average Bonchev–Trinajstić information content (AvgIpc) is 3.20. The maximum absolute atomic E-state index is 13.3. The van der Waals surface area contributed by atoms with Gasteiger partial charge in [0.15, 0.2) is 0 Å². The summed E-state index contributed by atoms with van der Waals surface area (Å²) in [5.74, 6) is 2.58. The van der Waals surface area contributed by atoms with Crippen LogP contribution in [0.15, 0.2) is 36.5 Å². The average molecular weight is 406 g/mol. The minimum absolute atomic E-state index is 0.0689. The summed E-state index contributed by atoms with van der Waals surface area (Å²) in [6.07, 6.45) is 14.6. The molecule has 0 radical (unpaired) electrons. The van der Waals surface area contributed by atoms with Crippen LogP contribution in [-0.2, 0) is 5.41 Å². The predicted octanol–water partition coefficient (Wildman–Crippen LogP) is 5.65. The lowest BCUT2D eigenvalue weighted by molar-refractivity contribution is -0.00770. The fourth-order valence-corrected chi connectivity index (χ4v) is 6.89. The second kappa shape index (κ2) is 8.20. The highest BCUT2D eigenvalue weighted by Crippen LogP contribution is 2.60. The summed E-state index contributed by atoms with van der Waals surface area (Å²) in [4.78, 5) is 13.3. The lowest BCUT2D eigenvalue weighted by Crippen LogP contribution is -2.49. The van der Waals surface area contributed by atoms with Gasteiger partial charge in [-0.15, -0.1) is 0 Å². The van der Waals surface area contributed by atoms with Crippen molar-refractivity contribution in [3.63, 3.8) is 0 Å². The molecule has 1 N–H and O–H groups in total. The molecule has 4 bridgehead atoms. The Morgan fingerprint density at radius 1 is 1.03 bits per heavy atom. The molecule has 4 aliphatic carbocycles. The van der Waals surface area contributed by atoms with Gasteiger partial charge in [-0.3, -0.25) is 4.79 Å². The van der Waals surface area contributed by atoms with E-state index in [0.29, 0.717) is 0 Å². The Bertz CT molecular complexity index is 850. The quantitative estimate of drug-likeness (QED) is 0.577. The number of carbonyl (C=O) groups excluding carboxylic acids is 1. The van der Waals surface area contributed by atoms with Gasteiger partial charge in [-0.05, 0) is 74.8 Å². The molecule has 4 saturated carbocycles. The predicted molar refractivity (Wildman–Crippen MR) is 120 cm³/mol. The molecule has 4 aliphatic rings. The van der Waals surface area contributed by atoms with E-state index in [-0.39, 0.29) is 11.3 Å². The lowest BCUT2D eigenvalue weighted by Gasteiger charge is -2.56. The van der Waals surface area contributed by atoms with Gasteiger partial charge in [0.25, 0.3) is 5.91 Å². The summed E-state index contributed by atoms with van der Waals surface area (Å²) < 4.78 is 1.94. The molecular formula is C26H35N3O. The van der Waals surface area contributed by atoms with E-state index in [2.05, 4.69) is 24.4 Å². The van der Waals surface area contributed by atoms with Crippen LogP contribution in [0.3, 0.4) is 0 Å². The number of rotatable bonds is 8. The van der Waals surface area contributed by atoms with E-state index in [1.807, 2.05) is 29.1 Å². The molecule has 2 aromatic rings. The Hall–Kier alpha value is -2.10. The molecule has 1 amide bonds. The number of amides is 1. The number of benzene rings is 1. The molecule has 160 valence electrons. The zero-order valence-electron chi connectivity index (χ0n) is 18.3. The van der Waals surface area contributed by atoms with Crippen LogP contribution in [0.4, 0.5) is 0 Å². The van der Waals surface area contributed by atoms with E-state index >= 15 is 0 Å². The first kappa shape index (κ1) is 19.8. The standard InChI is InChI=1S/C26H35N3O/c1-2-3-4-8-11-27-25(30)23-18-29(22-9-6-5-7-10-22)28-24(23)26-15-19-12-20(16-26)14-21(13-19)17-26/h5-7,9-10,18-21H,2-4,8,11-17H2,1H3,(H,27,30). The first-order valence-corrected chi connectivity index (χ1v) is 12.1. The van der Waals surface area contributed by atoms with E-state index < -0.39 is 0 Å². The maximum Gasteiger partial charge on any atom is 0.254 e. The van der Waals surface area contributed by atoms with Crippen molar-refractivity contribution in [2.24, 2.45) is 17.8 Å². The molecule has 0 saturated heterocycles. The molecule has 0 aliphatic heterocycles. The number of nitrogens with one attached hydrogen (secondary N) is 1. The first-order valence-electron chi connectivity index (χ1n) is 12.1. The van der Waals surface area contributed by atoms with Crippen molar-refractivity contribution in [2.75, 3.05) is 6.54 Å². The third-order valence-corrected chi connectivity index (χ3v) is 7.84. The van der Waals surface area contributed by atoms with E-state index in [9.17, 15) is 4.79 Å². The van der Waals surface area contributed by atoms with Gasteiger partial charge >= 0.3 is 0 Å². The number of para-hydroxylation sites is 1. The zero-order valence-corrected chi connectivity index (χ0v) is 18.3. The highest BCUT2D eigenvalue weighted by molar-refractivity contribution is 5.95. The molecule has 1 heterocycles. The van der Waals surface area contributed by atoms with Gasteiger partial charge in [0.1, 0.15) is 0 Å². The summed E-state index contributed by atoms with van der Waals surface area (Å²) in [6.45, 7) is 2.98. The van der Waals surface area contributed by atoms with Crippen molar-refractivity contribution in [1.29, 1.82) is 0 Å². The Balaban J connectivity index is 1.45. The van der Waals surface area contributed by atoms with Crippen molar-refractivity contribution < 1.29 is 4.79 Å². The molecule has 0 unspecified atom stereocenters. The smallest absolute Gasteiger partial charge is 0.254 e. The van der Waals surface area contributed by atoms with Crippen LogP contribution in [0.25, 0.3) is 5.69 Å².